The van der Waals surface area contributed by atoms with Crippen LogP contribution in [0.3, 0.4) is 0 Å². The van der Waals surface area contributed by atoms with E-state index in [9.17, 15) is 9.59 Å². The number of carbonyl (C=O) groups excluding carboxylic acids is 2. The summed E-state index contributed by atoms with van der Waals surface area (Å²) in [6, 6.07) is 6.62. The van der Waals surface area contributed by atoms with Gasteiger partial charge in [0.15, 0.2) is 0 Å². The summed E-state index contributed by atoms with van der Waals surface area (Å²) >= 11 is 1.34. The van der Waals surface area contributed by atoms with Crippen LogP contribution in [0.2, 0.25) is 0 Å². The summed E-state index contributed by atoms with van der Waals surface area (Å²) in [6.45, 7) is 7.12. The van der Waals surface area contributed by atoms with E-state index in [1.54, 1.807) is 52.0 Å². The maximum Gasteiger partial charge on any atom is 0.425 e. The maximum atomic E-state index is 11.7. The molecule has 130 valence electrons. The molecule has 0 saturated heterocycles. The molecule has 0 spiro atoms. The minimum atomic E-state index is -0.715. The van der Waals surface area contributed by atoms with Crippen LogP contribution in [0.25, 0.3) is 0 Å². The zero-order valence-corrected chi connectivity index (χ0v) is 15.3. The van der Waals surface area contributed by atoms with Crippen molar-refractivity contribution in [1.82, 2.24) is 0 Å². The Hall–Kier alpha value is -2.20. The zero-order valence-electron chi connectivity index (χ0n) is 13.7. The SMILES string of the molecule is CC(C)=NSOC(=O)Nc1ccccc1NC(=O)OSN=C(C)C. The standard InChI is InChI=1S/C14H18N4O4S2/c1-9(2)17-23-21-13(19)15-11-7-5-6-8-12(11)16-14(20)22-24-18-10(3)4/h5-8H,1-4H3,(H,15,19)(H,16,20). The topological polar surface area (TPSA) is 101 Å². The van der Waals surface area contributed by atoms with Crippen molar-refractivity contribution >= 4 is 59.4 Å². The molecular weight excluding hydrogens is 352 g/mol. The summed E-state index contributed by atoms with van der Waals surface area (Å²) in [5.41, 5.74) is 2.25. The first-order valence-electron chi connectivity index (χ1n) is 6.79. The van der Waals surface area contributed by atoms with E-state index in [0.29, 0.717) is 35.8 Å². The van der Waals surface area contributed by atoms with Crippen LogP contribution < -0.4 is 10.6 Å². The molecular formula is C14H18N4O4S2. The van der Waals surface area contributed by atoms with E-state index in [2.05, 4.69) is 19.4 Å². The van der Waals surface area contributed by atoms with Crippen LogP contribution >= 0.6 is 24.5 Å². The average molecular weight is 370 g/mol. The highest BCUT2D eigenvalue weighted by Crippen LogP contribution is 2.22. The lowest BCUT2D eigenvalue weighted by Crippen LogP contribution is -2.15. The van der Waals surface area contributed by atoms with Gasteiger partial charge in [-0.25, -0.2) is 9.59 Å². The first-order valence-corrected chi connectivity index (χ1v) is 8.19. The number of anilines is 2. The van der Waals surface area contributed by atoms with E-state index in [1.807, 2.05) is 0 Å². The zero-order chi connectivity index (χ0) is 17.9. The fourth-order valence-corrected chi connectivity index (χ4v) is 1.81. The van der Waals surface area contributed by atoms with Crippen molar-refractivity contribution in [3.8, 4) is 0 Å². The molecule has 0 bridgehead atoms. The van der Waals surface area contributed by atoms with E-state index in [0.717, 1.165) is 11.4 Å². The number of nitrogens with zero attached hydrogens (tertiary/aromatic N) is 2. The molecule has 0 atom stereocenters. The van der Waals surface area contributed by atoms with Gasteiger partial charge in [0.25, 0.3) is 0 Å². The summed E-state index contributed by atoms with van der Waals surface area (Å²) < 4.78 is 17.4. The number of rotatable bonds is 6. The van der Waals surface area contributed by atoms with Crippen molar-refractivity contribution in [3.63, 3.8) is 0 Å². The van der Waals surface area contributed by atoms with Gasteiger partial charge in [0.2, 0.25) is 24.5 Å². The summed E-state index contributed by atoms with van der Waals surface area (Å²) in [5.74, 6) is 0. The number of hydrogen-bond acceptors (Lipinski definition) is 8. The molecule has 0 saturated carbocycles. The molecule has 0 unspecified atom stereocenters. The van der Waals surface area contributed by atoms with Crippen molar-refractivity contribution in [2.75, 3.05) is 10.6 Å². The van der Waals surface area contributed by atoms with Gasteiger partial charge in [0.1, 0.15) is 0 Å². The molecule has 8 nitrogen and oxygen atoms in total. The summed E-state index contributed by atoms with van der Waals surface area (Å²) in [7, 11) is 0. The Balaban J connectivity index is 2.61. The van der Waals surface area contributed by atoms with Crippen molar-refractivity contribution in [1.29, 1.82) is 0 Å². The minimum Gasteiger partial charge on any atom is -0.351 e. The predicted octanol–water partition coefficient (Wildman–Crippen LogP) is 4.87. The fraction of sp³-hybridized carbons (Fsp3) is 0.286. The van der Waals surface area contributed by atoms with Gasteiger partial charge in [0, 0.05) is 11.4 Å². The van der Waals surface area contributed by atoms with Crippen LogP contribution in [0.4, 0.5) is 21.0 Å². The third-order valence-corrected chi connectivity index (χ3v) is 3.40. The molecule has 1 aromatic carbocycles. The first-order chi connectivity index (χ1) is 11.4. The van der Waals surface area contributed by atoms with Gasteiger partial charge in [-0.15, -0.1) is 0 Å². The molecule has 0 aliphatic heterocycles. The number of benzene rings is 1. The summed E-state index contributed by atoms with van der Waals surface area (Å²) in [4.78, 5) is 23.4. The van der Waals surface area contributed by atoms with Gasteiger partial charge in [-0.1, -0.05) is 12.1 Å². The van der Waals surface area contributed by atoms with Crippen LogP contribution in [0, 0.1) is 0 Å². The van der Waals surface area contributed by atoms with Crippen molar-refractivity contribution in [3.05, 3.63) is 24.3 Å². The molecule has 0 radical (unpaired) electrons. The highest BCUT2D eigenvalue weighted by atomic mass is 32.2. The average Bonchev–Trinajstić information content (AvgIpc) is 2.48. The quantitative estimate of drug-likeness (QED) is 0.421. The number of para-hydroxylation sites is 2. The molecule has 10 heteroatoms. The van der Waals surface area contributed by atoms with Gasteiger partial charge in [-0.3, -0.25) is 10.6 Å². The van der Waals surface area contributed by atoms with Gasteiger partial charge >= 0.3 is 12.2 Å². The Morgan fingerprint density at radius 2 is 1.21 bits per heavy atom. The molecule has 24 heavy (non-hydrogen) atoms. The Morgan fingerprint density at radius 3 is 1.54 bits per heavy atom. The molecule has 2 N–H and O–H groups in total. The maximum absolute atomic E-state index is 11.7. The molecule has 1 aromatic rings. The number of nitrogens with one attached hydrogen (secondary N) is 2. The Labute approximate surface area is 149 Å². The fourth-order valence-electron chi connectivity index (χ4n) is 1.22. The second-order valence-corrected chi connectivity index (χ2v) is 5.76. The molecule has 1 rings (SSSR count). The lowest BCUT2D eigenvalue weighted by Gasteiger charge is -2.10. The van der Waals surface area contributed by atoms with E-state index in [1.165, 1.54) is 0 Å². The van der Waals surface area contributed by atoms with E-state index >= 15 is 0 Å². The second kappa shape index (κ2) is 10.6. The van der Waals surface area contributed by atoms with Crippen LogP contribution in [-0.4, -0.2) is 23.6 Å². The summed E-state index contributed by atoms with van der Waals surface area (Å²) in [5, 5.41) is 5.02. The largest absolute Gasteiger partial charge is 0.425 e. The first kappa shape index (κ1) is 19.8. The molecule has 2 amide bonds. The molecule has 0 aliphatic carbocycles. The molecule has 0 fully saturated rings. The van der Waals surface area contributed by atoms with Crippen molar-refractivity contribution in [2.24, 2.45) is 8.80 Å². The molecule has 0 aromatic heterocycles. The number of hydrogen-bond donors (Lipinski definition) is 2. The second-order valence-electron chi connectivity index (χ2n) is 4.76. The van der Waals surface area contributed by atoms with Gasteiger partial charge < -0.3 is 8.37 Å². The van der Waals surface area contributed by atoms with Crippen LogP contribution in [0.15, 0.2) is 33.1 Å². The molecule has 0 aliphatic rings. The minimum absolute atomic E-state index is 0.359. The lowest BCUT2D eigenvalue weighted by molar-refractivity contribution is 0.221. The van der Waals surface area contributed by atoms with Gasteiger partial charge in [-0.2, -0.15) is 8.80 Å². The number of amides is 2. The van der Waals surface area contributed by atoms with E-state index in [-0.39, 0.29) is 0 Å². The van der Waals surface area contributed by atoms with Crippen molar-refractivity contribution in [2.45, 2.75) is 27.7 Å². The van der Waals surface area contributed by atoms with Crippen LogP contribution in [0.1, 0.15) is 27.7 Å². The van der Waals surface area contributed by atoms with E-state index < -0.39 is 12.2 Å². The Bertz CT molecular complexity index is 586. The van der Waals surface area contributed by atoms with Crippen molar-refractivity contribution < 1.29 is 18.0 Å². The lowest BCUT2D eigenvalue weighted by atomic mass is 10.2. The normalized spacial score (nSPS) is 9.50. The highest BCUT2D eigenvalue weighted by molar-refractivity contribution is 7.94. The Morgan fingerprint density at radius 1 is 0.833 bits per heavy atom. The van der Waals surface area contributed by atoms with Gasteiger partial charge in [-0.05, 0) is 39.8 Å². The monoisotopic (exact) mass is 370 g/mol. The predicted molar refractivity (Wildman–Crippen MR) is 99.4 cm³/mol. The van der Waals surface area contributed by atoms with Crippen LogP contribution in [0.5, 0.6) is 0 Å². The smallest absolute Gasteiger partial charge is 0.351 e. The highest BCUT2D eigenvalue weighted by Gasteiger charge is 2.11. The third kappa shape index (κ3) is 8.44. The Kier molecular flexibility index (Phi) is 8.72. The van der Waals surface area contributed by atoms with E-state index in [4.69, 9.17) is 8.37 Å². The third-order valence-electron chi connectivity index (χ3n) is 2.07. The van der Waals surface area contributed by atoms with Crippen LogP contribution in [-0.2, 0) is 8.37 Å². The molecule has 0 heterocycles. The van der Waals surface area contributed by atoms with Gasteiger partial charge in [0.05, 0.1) is 11.4 Å². The summed E-state index contributed by atoms with van der Waals surface area (Å²) in [6.07, 6.45) is -1.43. The number of carbonyl (C=O) groups is 2.